The Kier molecular flexibility index (Phi) is 7.51. The minimum Gasteiger partial charge on any atom is -0.343 e. The number of benzene rings is 3. The molecule has 0 spiro atoms. The molecule has 5 rings (SSSR count). The van der Waals surface area contributed by atoms with Gasteiger partial charge in [0.2, 0.25) is 0 Å². The van der Waals surface area contributed by atoms with Gasteiger partial charge in [0.15, 0.2) is 5.13 Å². The van der Waals surface area contributed by atoms with E-state index in [1.807, 2.05) is 35.2 Å². The van der Waals surface area contributed by atoms with Crippen molar-refractivity contribution < 1.29 is 4.79 Å². The molecule has 1 amide bonds. The van der Waals surface area contributed by atoms with Crippen molar-refractivity contribution in [2.24, 2.45) is 0 Å². The summed E-state index contributed by atoms with van der Waals surface area (Å²) in [6.45, 7) is 4.87. The lowest BCUT2D eigenvalue weighted by Gasteiger charge is -2.27. The molecule has 1 aromatic heterocycles. The fourth-order valence-electron chi connectivity index (χ4n) is 4.33. The number of nitrogens with one attached hydrogen (secondary N) is 1. The zero-order valence-corrected chi connectivity index (χ0v) is 20.6. The number of carbonyl (C=O) groups excluding carboxylic acids is 1. The van der Waals surface area contributed by atoms with Crippen LogP contribution in [0.3, 0.4) is 0 Å². The van der Waals surface area contributed by atoms with Gasteiger partial charge in [-0.25, -0.2) is 4.98 Å². The molecule has 0 saturated carbocycles. The first-order valence-electron chi connectivity index (χ1n) is 12.1. The van der Waals surface area contributed by atoms with Crippen LogP contribution in [0.2, 0.25) is 0 Å². The fourth-order valence-corrected chi connectivity index (χ4v) is 5.19. The number of nitrogens with zero attached hydrogens (tertiary/aromatic N) is 3. The van der Waals surface area contributed by atoms with E-state index in [2.05, 4.69) is 70.2 Å². The molecule has 5 nitrogen and oxygen atoms in total. The molecule has 0 aliphatic carbocycles. The summed E-state index contributed by atoms with van der Waals surface area (Å²) in [5.41, 5.74) is 5.38. The van der Waals surface area contributed by atoms with Gasteiger partial charge in [0.1, 0.15) is 0 Å². The van der Waals surface area contributed by atoms with E-state index in [9.17, 15) is 4.79 Å². The summed E-state index contributed by atoms with van der Waals surface area (Å²) in [4.78, 5) is 22.1. The molecule has 0 unspecified atom stereocenters. The van der Waals surface area contributed by atoms with Crippen molar-refractivity contribution in [3.8, 4) is 11.3 Å². The first kappa shape index (κ1) is 23.3. The molecule has 1 aliphatic rings. The largest absolute Gasteiger partial charge is 0.343 e. The Bertz CT molecular complexity index is 1220. The van der Waals surface area contributed by atoms with Crippen LogP contribution in [0, 0.1) is 0 Å². The molecule has 1 N–H and O–H groups in total. The van der Waals surface area contributed by atoms with Crippen LogP contribution in [0.4, 0.5) is 5.13 Å². The Morgan fingerprint density at radius 1 is 0.886 bits per heavy atom. The number of amides is 1. The summed E-state index contributed by atoms with van der Waals surface area (Å²) in [5, 5.41) is 6.45. The van der Waals surface area contributed by atoms with Crippen LogP contribution in [0.5, 0.6) is 0 Å². The number of aromatic nitrogens is 1. The van der Waals surface area contributed by atoms with E-state index in [1.165, 1.54) is 11.1 Å². The first-order valence-corrected chi connectivity index (χ1v) is 13.0. The fraction of sp³-hybridized carbons (Fsp3) is 0.241. The average Bonchev–Trinajstić information content (AvgIpc) is 3.43. The quantitative estimate of drug-likeness (QED) is 0.379. The molecular weight excluding hydrogens is 452 g/mol. The average molecular weight is 483 g/mol. The highest BCUT2D eigenvalue weighted by Crippen LogP contribution is 2.28. The maximum atomic E-state index is 12.8. The number of anilines is 1. The van der Waals surface area contributed by atoms with E-state index < -0.39 is 0 Å². The molecule has 1 saturated heterocycles. The summed E-state index contributed by atoms with van der Waals surface area (Å²) < 4.78 is 0. The van der Waals surface area contributed by atoms with Crippen molar-refractivity contribution in [1.29, 1.82) is 0 Å². The number of thiazole rings is 1. The lowest BCUT2D eigenvalue weighted by atomic mass is 10.1. The highest BCUT2D eigenvalue weighted by molar-refractivity contribution is 7.14. The molecule has 178 valence electrons. The van der Waals surface area contributed by atoms with Gasteiger partial charge in [0, 0.05) is 55.8 Å². The molecule has 1 fully saturated rings. The van der Waals surface area contributed by atoms with Gasteiger partial charge in [-0.3, -0.25) is 4.79 Å². The van der Waals surface area contributed by atoms with Crippen LogP contribution in [-0.2, 0) is 13.0 Å². The molecular formula is C29H30N4OS. The third-order valence-corrected chi connectivity index (χ3v) is 7.23. The molecule has 0 radical (unpaired) electrons. The van der Waals surface area contributed by atoms with Crippen LogP contribution in [-0.4, -0.2) is 48.5 Å². The highest BCUT2D eigenvalue weighted by Gasteiger charge is 2.18. The predicted octanol–water partition coefficient (Wildman–Crippen LogP) is 5.10. The second-order valence-electron chi connectivity index (χ2n) is 8.78. The van der Waals surface area contributed by atoms with Crippen LogP contribution < -0.4 is 10.2 Å². The van der Waals surface area contributed by atoms with E-state index in [0.717, 1.165) is 67.6 Å². The van der Waals surface area contributed by atoms with Crippen molar-refractivity contribution in [2.45, 2.75) is 13.0 Å². The van der Waals surface area contributed by atoms with Gasteiger partial charge >= 0.3 is 0 Å². The van der Waals surface area contributed by atoms with Crippen LogP contribution in [0.15, 0.2) is 90.3 Å². The lowest BCUT2D eigenvalue weighted by molar-refractivity contribution is 0.0736. The van der Waals surface area contributed by atoms with Gasteiger partial charge in [0.25, 0.3) is 5.91 Å². The van der Waals surface area contributed by atoms with Crippen molar-refractivity contribution >= 4 is 22.4 Å². The minimum atomic E-state index is 0.117. The summed E-state index contributed by atoms with van der Waals surface area (Å²) in [7, 11) is 0. The predicted molar refractivity (Wildman–Crippen MR) is 144 cm³/mol. The van der Waals surface area contributed by atoms with Crippen LogP contribution in [0.25, 0.3) is 11.3 Å². The van der Waals surface area contributed by atoms with Crippen molar-refractivity contribution in [3.63, 3.8) is 0 Å². The Morgan fingerprint density at radius 2 is 1.57 bits per heavy atom. The van der Waals surface area contributed by atoms with E-state index in [0.29, 0.717) is 0 Å². The molecule has 6 heteroatoms. The Labute approximate surface area is 211 Å². The third-order valence-electron chi connectivity index (χ3n) is 6.32. The SMILES string of the molecule is O=C(c1ccc(CN(CCc2ccccc2)c2nc(-c3ccccc3)cs2)cc1)N1CCNCC1. The van der Waals surface area contributed by atoms with Gasteiger partial charge in [-0.2, -0.15) is 0 Å². The first-order chi connectivity index (χ1) is 17.3. The summed E-state index contributed by atoms with van der Waals surface area (Å²) in [5.74, 6) is 0.117. The summed E-state index contributed by atoms with van der Waals surface area (Å²) in [6.07, 6.45) is 0.945. The van der Waals surface area contributed by atoms with Crippen molar-refractivity contribution in [1.82, 2.24) is 15.2 Å². The zero-order valence-electron chi connectivity index (χ0n) is 19.8. The standard InChI is InChI=1S/C29H30N4OS/c34-28(32-19-16-30-17-20-32)26-13-11-24(12-14-26)21-33(18-15-23-7-3-1-4-8-23)29-31-27(22-35-29)25-9-5-2-6-10-25/h1-14,22,30H,15-21H2. The topological polar surface area (TPSA) is 48.5 Å². The Morgan fingerprint density at radius 3 is 2.29 bits per heavy atom. The zero-order chi connectivity index (χ0) is 23.9. The van der Waals surface area contributed by atoms with Gasteiger partial charge in [-0.1, -0.05) is 72.8 Å². The van der Waals surface area contributed by atoms with E-state index >= 15 is 0 Å². The molecule has 4 aromatic rings. The maximum absolute atomic E-state index is 12.8. The molecule has 35 heavy (non-hydrogen) atoms. The van der Waals surface area contributed by atoms with Gasteiger partial charge < -0.3 is 15.1 Å². The second kappa shape index (κ2) is 11.3. The minimum absolute atomic E-state index is 0.117. The number of rotatable bonds is 8. The Hall–Kier alpha value is -3.48. The van der Waals surface area contributed by atoms with Gasteiger partial charge in [-0.15, -0.1) is 11.3 Å². The number of piperazine rings is 1. The maximum Gasteiger partial charge on any atom is 0.253 e. The third kappa shape index (κ3) is 5.96. The Balaban J connectivity index is 1.33. The van der Waals surface area contributed by atoms with Gasteiger partial charge in [0.05, 0.1) is 5.69 Å². The van der Waals surface area contributed by atoms with Gasteiger partial charge in [-0.05, 0) is 29.7 Å². The van der Waals surface area contributed by atoms with E-state index in [1.54, 1.807) is 11.3 Å². The van der Waals surface area contributed by atoms with Crippen LogP contribution in [0.1, 0.15) is 21.5 Å². The number of hydrogen-bond acceptors (Lipinski definition) is 5. The monoisotopic (exact) mass is 482 g/mol. The smallest absolute Gasteiger partial charge is 0.253 e. The van der Waals surface area contributed by atoms with E-state index in [4.69, 9.17) is 4.98 Å². The van der Waals surface area contributed by atoms with Crippen LogP contribution >= 0.6 is 11.3 Å². The molecule has 0 bridgehead atoms. The van der Waals surface area contributed by atoms with Crippen molar-refractivity contribution in [3.05, 3.63) is 107 Å². The molecule has 2 heterocycles. The normalized spacial score (nSPS) is 13.5. The molecule has 1 aliphatic heterocycles. The van der Waals surface area contributed by atoms with Crippen molar-refractivity contribution in [2.75, 3.05) is 37.6 Å². The summed E-state index contributed by atoms with van der Waals surface area (Å²) in [6, 6.07) is 29.0. The highest BCUT2D eigenvalue weighted by atomic mass is 32.1. The van der Waals surface area contributed by atoms with E-state index in [-0.39, 0.29) is 5.91 Å². The second-order valence-corrected chi connectivity index (χ2v) is 9.61. The number of carbonyl (C=O) groups is 1. The molecule has 0 atom stereocenters. The lowest BCUT2D eigenvalue weighted by Crippen LogP contribution is -2.46. The summed E-state index contributed by atoms with van der Waals surface area (Å²) >= 11 is 1.68. The number of hydrogen-bond donors (Lipinski definition) is 1. The molecule has 3 aromatic carbocycles.